The van der Waals surface area contributed by atoms with Crippen LogP contribution < -0.4 is 14.8 Å². The summed E-state index contributed by atoms with van der Waals surface area (Å²) in [5, 5.41) is 2.73. The van der Waals surface area contributed by atoms with Crippen molar-refractivity contribution < 1.29 is 23.8 Å². The molecule has 2 aromatic rings. The van der Waals surface area contributed by atoms with Crippen LogP contribution in [0.15, 0.2) is 24.3 Å². The third kappa shape index (κ3) is 4.47. The van der Waals surface area contributed by atoms with Gasteiger partial charge in [0.15, 0.2) is 18.1 Å². The standard InChI is InChI=1S/C21H23NO5S/c23-20(22-15-7-8-16-17(12-15)26-10-4-9-25-16)13-27-21(24)19-11-14-5-2-1-3-6-18(14)28-19/h7-8,11-12H,1-6,9-10,13H2,(H,22,23). The van der Waals surface area contributed by atoms with E-state index >= 15 is 0 Å². The third-order valence-corrected chi connectivity index (χ3v) is 6.03. The molecule has 0 fully saturated rings. The summed E-state index contributed by atoms with van der Waals surface area (Å²) in [4.78, 5) is 26.3. The van der Waals surface area contributed by atoms with Crippen molar-refractivity contribution in [3.05, 3.63) is 39.6 Å². The minimum absolute atomic E-state index is 0.324. The Morgan fingerprint density at radius 1 is 1.00 bits per heavy atom. The second kappa shape index (κ2) is 8.65. The van der Waals surface area contributed by atoms with Gasteiger partial charge < -0.3 is 19.5 Å². The minimum Gasteiger partial charge on any atom is -0.490 e. The summed E-state index contributed by atoms with van der Waals surface area (Å²) in [6.07, 6.45) is 6.43. The number of ether oxygens (including phenoxy) is 3. The molecule has 2 heterocycles. The number of esters is 1. The SMILES string of the molecule is O=C(COC(=O)c1cc2c(s1)CCCCC2)Nc1ccc2c(c1)OCCCO2. The summed E-state index contributed by atoms with van der Waals surface area (Å²) < 4.78 is 16.4. The molecule has 28 heavy (non-hydrogen) atoms. The van der Waals surface area contributed by atoms with Gasteiger partial charge in [-0.1, -0.05) is 6.42 Å². The molecule has 0 saturated carbocycles. The Bertz CT molecular complexity index is 852. The van der Waals surface area contributed by atoms with E-state index in [2.05, 4.69) is 5.32 Å². The van der Waals surface area contributed by atoms with E-state index in [0.717, 1.165) is 25.7 Å². The predicted octanol–water partition coefficient (Wildman–Crippen LogP) is 3.97. The fourth-order valence-corrected chi connectivity index (χ4v) is 4.56. The van der Waals surface area contributed by atoms with Crippen LogP contribution in [0.1, 0.15) is 45.8 Å². The Morgan fingerprint density at radius 2 is 1.82 bits per heavy atom. The van der Waals surface area contributed by atoms with Crippen molar-refractivity contribution in [2.75, 3.05) is 25.1 Å². The van der Waals surface area contributed by atoms with Gasteiger partial charge in [-0.05, 0) is 49.4 Å². The number of amides is 1. The Hall–Kier alpha value is -2.54. The molecule has 7 heteroatoms. The van der Waals surface area contributed by atoms with E-state index in [-0.39, 0.29) is 12.5 Å². The molecule has 1 N–H and O–H groups in total. The number of thiophene rings is 1. The molecule has 6 nitrogen and oxygen atoms in total. The molecule has 0 saturated heterocycles. The first-order valence-electron chi connectivity index (χ1n) is 9.67. The average Bonchev–Trinajstić information content (AvgIpc) is 2.85. The first kappa shape index (κ1) is 18.8. The van der Waals surface area contributed by atoms with Crippen molar-refractivity contribution in [1.29, 1.82) is 0 Å². The van der Waals surface area contributed by atoms with E-state index in [9.17, 15) is 9.59 Å². The van der Waals surface area contributed by atoms with E-state index < -0.39 is 5.97 Å². The lowest BCUT2D eigenvalue weighted by Crippen LogP contribution is -2.20. The van der Waals surface area contributed by atoms with Crippen LogP contribution >= 0.6 is 11.3 Å². The zero-order valence-corrected chi connectivity index (χ0v) is 16.4. The number of hydrogen-bond donors (Lipinski definition) is 1. The lowest BCUT2D eigenvalue weighted by Gasteiger charge is -2.10. The number of carbonyl (C=O) groups is 2. The van der Waals surface area contributed by atoms with Gasteiger partial charge in [0.25, 0.3) is 5.91 Å². The van der Waals surface area contributed by atoms with Gasteiger partial charge in [-0.3, -0.25) is 4.79 Å². The predicted molar refractivity (Wildman–Crippen MR) is 107 cm³/mol. The molecule has 0 bridgehead atoms. The number of carbonyl (C=O) groups excluding carboxylic acids is 2. The topological polar surface area (TPSA) is 73.9 Å². The highest BCUT2D eigenvalue weighted by atomic mass is 32.1. The van der Waals surface area contributed by atoms with E-state index in [4.69, 9.17) is 14.2 Å². The van der Waals surface area contributed by atoms with Crippen LogP contribution in [0.25, 0.3) is 0 Å². The smallest absolute Gasteiger partial charge is 0.348 e. The molecule has 0 radical (unpaired) electrons. The second-order valence-corrected chi connectivity index (χ2v) is 8.09. The van der Waals surface area contributed by atoms with Crippen molar-refractivity contribution in [1.82, 2.24) is 0 Å². The number of anilines is 1. The molecule has 148 valence electrons. The lowest BCUT2D eigenvalue weighted by molar-refractivity contribution is -0.119. The van der Waals surface area contributed by atoms with Gasteiger partial charge in [0, 0.05) is 23.1 Å². The van der Waals surface area contributed by atoms with E-state index in [1.54, 1.807) is 18.2 Å². The van der Waals surface area contributed by atoms with Gasteiger partial charge >= 0.3 is 5.97 Å². The Morgan fingerprint density at radius 3 is 2.71 bits per heavy atom. The largest absolute Gasteiger partial charge is 0.490 e. The molecule has 4 rings (SSSR count). The van der Waals surface area contributed by atoms with E-state index in [0.29, 0.717) is 35.3 Å². The maximum Gasteiger partial charge on any atom is 0.348 e. The van der Waals surface area contributed by atoms with E-state index in [1.165, 1.54) is 34.6 Å². The quantitative estimate of drug-likeness (QED) is 0.620. The zero-order chi connectivity index (χ0) is 19.3. The zero-order valence-electron chi connectivity index (χ0n) is 15.6. The Labute approximate surface area is 167 Å². The summed E-state index contributed by atoms with van der Waals surface area (Å²) in [7, 11) is 0. The number of hydrogen-bond acceptors (Lipinski definition) is 6. The number of benzene rings is 1. The number of rotatable bonds is 4. The van der Waals surface area contributed by atoms with Crippen LogP contribution in [-0.2, 0) is 22.4 Å². The highest BCUT2D eigenvalue weighted by Gasteiger charge is 2.18. The Kier molecular flexibility index (Phi) is 5.81. The minimum atomic E-state index is -0.438. The van der Waals surface area contributed by atoms with E-state index in [1.807, 2.05) is 6.07 Å². The van der Waals surface area contributed by atoms with Crippen LogP contribution in [0.3, 0.4) is 0 Å². The molecule has 0 spiro atoms. The van der Waals surface area contributed by atoms with Gasteiger partial charge in [-0.25, -0.2) is 4.79 Å². The monoisotopic (exact) mass is 401 g/mol. The first-order chi connectivity index (χ1) is 13.7. The van der Waals surface area contributed by atoms with Gasteiger partial charge in [0.2, 0.25) is 0 Å². The fraction of sp³-hybridized carbons (Fsp3) is 0.429. The van der Waals surface area contributed by atoms with Crippen molar-refractivity contribution >= 4 is 28.9 Å². The van der Waals surface area contributed by atoms with Gasteiger partial charge in [-0.15, -0.1) is 11.3 Å². The Balaban J connectivity index is 1.32. The summed E-state index contributed by atoms with van der Waals surface area (Å²) in [5.41, 5.74) is 1.83. The van der Waals surface area contributed by atoms with Gasteiger partial charge in [0.1, 0.15) is 4.88 Å². The van der Waals surface area contributed by atoms with Crippen molar-refractivity contribution in [3.63, 3.8) is 0 Å². The normalized spacial score (nSPS) is 15.7. The summed E-state index contributed by atoms with van der Waals surface area (Å²) in [6, 6.07) is 7.15. The summed E-state index contributed by atoms with van der Waals surface area (Å²) in [5.74, 6) is 0.444. The molecule has 0 atom stereocenters. The van der Waals surface area contributed by atoms with Gasteiger partial charge in [-0.2, -0.15) is 0 Å². The molecule has 2 aliphatic rings. The summed E-state index contributed by atoms with van der Waals surface area (Å²) in [6.45, 7) is 0.865. The molecular formula is C21H23NO5S. The summed E-state index contributed by atoms with van der Waals surface area (Å²) >= 11 is 1.49. The van der Waals surface area contributed by atoms with Gasteiger partial charge in [0.05, 0.1) is 13.2 Å². The highest BCUT2D eigenvalue weighted by molar-refractivity contribution is 7.14. The third-order valence-electron chi connectivity index (χ3n) is 4.81. The van der Waals surface area contributed by atoms with Crippen molar-refractivity contribution in [3.8, 4) is 11.5 Å². The lowest BCUT2D eigenvalue weighted by atomic mass is 10.1. The van der Waals surface area contributed by atoms with Crippen molar-refractivity contribution in [2.24, 2.45) is 0 Å². The molecule has 1 aliphatic carbocycles. The first-order valence-corrected chi connectivity index (χ1v) is 10.5. The maximum absolute atomic E-state index is 12.3. The molecule has 1 aliphatic heterocycles. The number of fused-ring (bicyclic) bond motifs is 2. The van der Waals surface area contributed by atoms with Crippen LogP contribution in [0.4, 0.5) is 5.69 Å². The van der Waals surface area contributed by atoms with Crippen molar-refractivity contribution in [2.45, 2.75) is 38.5 Å². The van der Waals surface area contributed by atoms with Crippen LogP contribution in [0, 0.1) is 0 Å². The van der Waals surface area contributed by atoms with Crippen LogP contribution in [-0.4, -0.2) is 31.7 Å². The molecule has 1 amide bonds. The highest BCUT2D eigenvalue weighted by Crippen LogP contribution is 2.32. The number of aryl methyl sites for hydroxylation is 2. The van der Waals surface area contributed by atoms with Crippen LogP contribution in [0.5, 0.6) is 11.5 Å². The molecular weight excluding hydrogens is 378 g/mol. The maximum atomic E-state index is 12.3. The molecule has 0 unspecified atom stereocenters. The second-order valence-electron chi connectivity index (χ2n) is 6.96. The number of nitrogens with one attached hydrogen (secondary N) is 1. The average molecular weight is 401 g/mol. The fourth-order valence-electron chi connectivity index (χ4n) is 3.41. The molecule has 1 aromatic heterocycles. The molecule has 1 aromatic carbocycles. The van der Waals surface area contributed by atoms with Crippen LogP contribution in [0.2, 0.25) is 0 Å².